The molecule has 0 saturated heterocycles. The van der Waals surface area contributed by atoms with Gasteiger partial charge in [0.15, 0.2) is 0 Å². The van der Waals surface area contributed by atoms with E-state index in [1.54, 1.807) is 11.8 Å². The number of hydrogen-bond donors (Lipinski definition) is 2. The summed E-state index contributed by atoms with van der Waals surface area (Å²) in [5, 5.41) is 12.3. The molecular weight excluding hydrogens is 306 g/mol. The molecule has 0 aliphatic carbocycles. The molecule has 0 aliphatic heterocycles. The zero-order valence-electron chi connectivity index (χ0n) is 13.3. The standard InChI is InChI=1S/C19H23NO2S/c1-23-14-17(12-13-21)20-19(22)18(15-8-4-2-5-9-15)16-10-6-3-7-11-16/h2-11,17-18,21H,12-14H2,1H3,(H,20,22). The van der Waals surface area contributed by atoms with Crippen molar-refractivity contribution in [3.63, 3.8) is 0 Å². The largest absolute Gasteiger partial charge is 0.396 e. The molecule has 0 heterocycles. The van der Waals surface area contributed by atoms with Crippen LogP contribution in [0.5, 0.6) is 0 Å². The lowest BCUT2D eigenvalue weighted by Crippen LogP contribution is -2.40. The van der Waals surface area contributed by atoms with Gasteiger partial charge in [0.2, 0.25) is 5.91 Å². The second-order valence-corrected chi connectivity index (χ2v) is 6.34. The first-order chi connectivity index (χ1) is 11.3. The summed E-state index contributed by atoms with van der Waals surface area (Å²) in [4.78, 5) is 12.9. The van der Waals surface area contributed by atoms with Crippen LogP contribution in [0.3, 0.4) is 0 Å². The fourth-order valence-electron chi connectivity index (χ4n) is 2.62. The topological polar surface area (TPSA) is 49.3 Å². The van der Waals surface area contributed by atoms with Crippen molar-refractivity contribution in [3.05, 3.63) is 71.8 Å². The maximum Gasteiger partial charge on any atom is 0.232 e. The molecule has 0 aromatic heterocycles. The highest BCUT2D eigenvalue weighted by Gasteiger charge is 2.24. The summed E-state index contributed by atoms with van der Waals surface area (Å²) in [6, 6.07) is 19.6. The Hall–Kier alpha value is -1.78. The van der Waals surface area contributed by atoms with Gasteiger partial charge in [-0.15, -0.1) is 0 Å². The maximum atomic E-state index is 12.9. The Kier molecular flexibility index (Phi) is 7.17. The van der Waals surface area contributed by atoms with E-state index in [0.717, 1.165) is 16.9 Å². The van der Waals surface area contributed by atoms with Crippen LogP contribution in [0.25, 0.3) is 0 Å². The molecule has 0 radical (unpaired) electrons. The number of aliphatic hydroxyl groups excluding tert-OH is 1. The SMILES string of the molecule is CSCC(CCO)NC(=O)C(c1ccccc1)c1ccccc1. The highest BCUT2D eigenvalue weighted by Crippen LogP contribution is 2.25. The smallest absolute Gasteiger partial charge is 0.232 e. The number of aliphatic hydroxyl groups is 1. The molecule has 0 aliphatic rings. The first kappa shape index (κ1) is 17.6. The van der Waals surface area contributed by atoms with Crippen molar-refractivity contribution in [2.75, 3.05) is 18.6 Å². The Balaban J connectivity index is 2.25. The van der Waals surface area contributed by atoms with Gasteiger partial charge in [-0.3, -0.25) is 4.79 Å². The van der Waals surface area contributed by atoms with Crippen molar-refractivity contribution in [3.8, 4) is 0 Å². The van der Waals surface area contributed by atoms with E-state index < -0.39 is 0 Å². The summed E-state index contributed by atoms with van der Waals surface area (Å²) in [5.74, 6) is 0.443. The summed E-state index contributed by atoms with van der Waals surface area (Å²) < 4.78 is 0. The van der Waals surface area contributed by atoms with Crippen LogP contribution in [0.2, 0.25) is 0 Å². The van der Waals surface area contributed by atoms with Crippen molar-refractivity contribution < 1.29 is 9.90 Å². The average Bonchev–Trinajstić information content (AvgIpc) is 2.57. The van der Waals surface area contributed by atoms with Gasteiger partial charge < -0.3 is 10.4 Å². The number of thioether (sulfide) groups is 1. The minimum atomic E-state index is -0.333. The van der Waals surface area contributed by atoms with Crippen LogP contribution in [0.1, 0.15) is 23.5 Å². The molecule has 122 valence electrons. The monoisotopic (exact) mass is 329 g/mol. The van der Waals surface area contributed by atoms with Crippen LogP contribution in [-0.4, -0.2) is 35.7 Å². The van der Waals surface area contributed by atoms with E-state index in [2.05, 4.69) is 5.32 Å². The third-order valence-electron chi connectivity index (χ3n) is 3.72. The Morgan fingerprint density at radius 1 is 1.04 bits per heavy atom. The molecular formula is C19H23NO2S. The molecule has 2 aromatic carbocycles. The Morgan fingerprint density at radius 2 is 1.57 bits per heavy atom. The molecule has 0 fully saturated rings. The normalized spacial score (nSPS) is 12.1. The molecule has 2 rings (SSSR count). The quantitative estimate of drug-likeness (QED) is 0.782. The van der Waals surface area contributed by atoms with Crippen LogP contribution in [0, 0.1) is 0 Å². The van der Waals surface area contributed by atoms with E-state index in [1.165, 1.54) is 0 Å². The predicted octanol–water partition coefficient (Wildman–Crippen LogP) is 3.05. The minimum Gasteiger partial charge on any atom is -0.396 e. The Bertz CT molecular complexity index is 543. The third kappa shape index (κ3) is 5.12. The van der Waals surface area contributed by atoms with Crippen LogP contribution >= 0.6 is 11.8 Å². The summed E-state index contributed by atoms with van der Waals surface area (Å²) in [6.07, 6.45) is 2.57. The molecule has 23 heavy (non-hydrogen) atoms. The molecule has 1 unspecified atom stereocenters. The zero-order valence-corrected chi connectivity index (χ0v) is 14.1. The minimum absolute atomic E-state index is 0.0163. The third-order valence-corrected chi connectivity index (χ3v) is 4.46. The highest BCUT2D eigenvalue weighted by atomic mass is 32.2. The van der Waals surface area contributed by atoms with Gasteiger partial charge in [0, 0.05) is 18.4 Å². The number of hydrogen-bond acceptors (Lipinski definition) is 3. The van der Waals surface area contributed by atoms with Gasteiger partial charge in [0.25, 0.3) is 0 Å². The molecule has 2 N–H and O–H groups in total. The summed E-state index contributed by atoms with van der Waals surface area (Å²) in [5.41, 5.74) is 1.95. The van der Waals surface area contributed by atoms with Gasteiger partial charge >= 0.3 is 0 Å². The second kappa shape index (κ2) is 9.38. The lowest BCUT2D eigenvalue weighted by Gasteiger charge is -2.22. The Morgan fingerprint density at radius 3 is 2.00 bits per heavy atom. The van der Waals surface area contributed by atoms with Crippen molar-refractivity contribution in [2.24, 2.45) is 0 Å². The Labute approximate surface area is 142 Å². The van der Waals surface area contributed by atoms with Crippen molar-refractivity contribution >= 4 is 17.7 Å². The lowest BCUT2D eigenvalue weighted by molar-refractivity contribution is -0.122. The van der Waals surface area contributed by atoms with E-state index in [9.17, 15) is 9.90 Å². The molecule has 0 saturated carbocycles. The summed E-state index contributed by atoms with van der Waals surface area (Å²) in [7, 11) is 0. The number of nitrogens with one attached hydrogen (secondary N) is 1. The second-order valence-electron chi connectivity index (χ2n) is 5.43. The van der Waals surface area contributed by atoms with Crippen molar-refractivity contribution in [1.82, 2.24) is 5.32 Å². The van der Waals surface area contributed by atoms with E-state index >= 15 is 0 Å². The maximum absolute atomic E-state index is 12.9. The lowest BCUT2D eigenvalue weighted by atomic mass is 9.90. The van der Waals surface area contributed by atoms with Crippen molar-refractivity contribution in [1.29, 1.82) is 0 Å². The first-order valence-electron chi connectivity index (χ1n) is 7.76. The van der Waals surface area contributed by atoms with Gasteiger partial charge in [-0.05, 0) is 23.8 Å². The first-order valence-corrected chi connectivity index (χ1v) is 9.15. The van der Waals surface area contributed by atoms with Gasteiger partial charge in [-0.1, -0.05) is 60.7 Å². The molecule has 0 spiro atoms. The number of carbonyl (C=O) groups excluding carboxylic acids is 1. The van der Waals surface area contributed by atoms with Crippen molar-refractivity contribution in [2.45, 2.75) is 18.4 Å². The molecule has 1 atom stereocenters. The van der Waals surface area contributed by atoms with Gasteiger partial charge in [-0.2, -0.15) is 11.8 Å². The molecule has 0 bridgehead atoms. The number of carbonyl (C=O) groups is 1. The molecule has 2 aromatic rings. The van der Waals surface area contributed by atoms with Crippen LogP contribution in [0.15, 0.2) is 60.7 Å². The van der Waals surface area contributed by atoms with Crippen LogP contribution < -0.4 is 5.32 Å². The highest BCUT2D eigenvalue weighted by molar-refractivity contribution is 7.98. The van der Waals surface area contributed by atoms with E-state index in [4.69, 9.17) is 0 Å². The van der Waals surface area contributed by atoms with Gasteiger partial charge in [-0.25, -0.2) is 0 Å². The fraction of sp³-hybridized carbons (Fsp3) is 0.316. The number of rotatable bonds is 8. The molecule has 3 nitrogen and oxygen atoms in total. The zero-order chi connectivity index (χ0) is 16.5. The van der Waals surface area contributed by atoms with E-state index in [-0.39, 0.29) is 24.5 Å². The van der Waals surface area contributed by atoms with Gasteiger partial charge in [0.1, 0.15) is 0 Å². The summed E-state index contributed by atoms with van der Waals surface area (Å²) >= 11 is 1.67. The van der Waals surface area contributed by atoms with Crippen LogP contribution in [-0.2, 0) is 4.79 Å². The van der Waals surface area contributed by atoms with Gasteiger partial charge in [0.05, 0.1) is 5.92 Å². The molecule has 1 amide bonds. The van der Waals surface area contributed by atoms with E-state index in [0.29, 0.717) is 6.42 Å². The average molecular weight is 329 g/mol. The van der Waals surface area contributed by atoms with E-state index in [1.807, 2.05) is 66.9 Å². The fourth-order valence-corrected chi connectivity index (χ4v) is 3.28. The predicted molar refractivity (Wildman–Crippen MR) is 96.7 cm³/mol. The molecule has 4 heteroatoms. The summed E-state index contributed by atoms with van der Waals surface area (Å²) in [6.45, 7) is 0.0762. The van der Waals surface area contributed by atoms with Crippen LogP contribution in [0.4, 0.5) is 0 Å². The number of benzene rings is 2. The number of amides is 1.